The van der Waals surface area contributed by atoms with Crippen molar-refractivity contribution in [3.8, 4) is 0 Å². The minimum Gasteiger partial charge on any atom is -0.465 e. The standard InChI is InChI=1S/C14H17N3O2S/c1-9(13-16-5-6-20-13)8-17-12-7-10(14(18)19-2)3-4-11(12)15/h3-7,9,17H,8,15H2,1-2H3. The van der Waals surface area contributed by atoms with Gasteiger partial charge in [0, 0.05) is 24.0 Å². The summed E-state index contributed by atoms with van der Waals surface area (Å²) >= 11 is 1.63. The van der Waals surface area contributed by atoms with Gasteiger partial charge in [-0.2, -0.15) is 0 Å². The van der Waals surface area contributed by atoms with Gasteiger partial charge >= 0.3 is 5.97 Å². The monoisotopic (exact) mass is 291 g/mol. The highest BCUT2D eigenvalue weighted by Gasteiger charge is 2.11. The molecule has 2 aromatic rings. The summed E-state index contributed by atoms with van der Waals surface area (Å²) < 4.78 is 4.70. The van der Waals surface area contributed by atoms with Crippen molar-refractivity contribution >= 4 is 28.7 Å². The molecule has 20 heavy (non-hydrogen) atoms. The van der Waals surface area contributed by atoms with Gasteiger partial charge in [-0.3, -0.25) is 0 Å². The summed E-state index contributed by atoms with van der Waals surface area (Å²) in [6.45, 7) is 2.79. The number of carbonyl (C=O) groups excluding carboxylic acids is 1. The number of esters is 1. The van der Waals surface area contributed by atoms with Crippen LogP contribution in [0, 0.1) is 0 Å². The minimum atomic E-state index is -0.374. The molecule has 6 heteroatoms. The smallest absolute Gasteiger partial charge is 0.337 e. The number of aromatic nitrogens is 1. The summed E-state index contributed by atoms with van der Waals surface area (Å²) in [7, 11) is 1.36. The number of benzene rings is 1. The number of nitrogens with two attached hydrogens (primary N) is 1. The van der Waals surface area contributed by atoms with E-state index < -0.39 is 0 Å². The SMILES string of the molecule is COC(=O)c1ccc(N)c(NCC(C)c2nccs2)c1. The van der Waals surface area contributed by atoms with Crippen LogP contribution in [0.3, 0.4) is 0 Å². The fourth-order valence-electron chi connectivity index (χ4n) is 1.78. The molecule has 0 bridgehead atoms. The molecule has 5 nitrogen and oxygen atoms in total. The van der Waals surface area contributed by atoms with Crippen molar-refractivity contribution in [1.29, 1.82) is 0 Å². The third kappa shape index (κ3) is 3.27. The van der Waals surface area contributed by atoms with Crippen LogP contribution in [0.1, 0.15) is 28.2 Å². The fourth-order valence-corrected chi connectivity index (χ4v) is 2.48. The first-order chi connectivity index (χ1) is 9.61. The van der Waals surface area contributed by atoms with Gasteiger partial charge < -0.3 is 15.8 Å². The molecule has 1 atom stereocenters. The second-order valence-corrected chi connectivity index (χ2v) is 5.37. The molecule has 0 saturated heterocycles. The second-order valence-electron chi connectivity index (χ2n) is 4.45. The van der Waals surface area contributed by atoms with Crippen LogP contribution in [-0.2, 0) is 4.74 Å². The van der Waals surface area contributed by atoms with Gasteiger partial charge in [0.05, 0.1) is 29.1 Å². The molecule has 0 aliphatic heterocycles. The third-order valence-electron chi connectivity index (χ3n) is 2.95. The van der Waals surface area contributed by atoms with Crippen LogP contribution in [0.5, 0.6) is 0 Å². The van der Waals surface area contributed by atoms with E-state index in [2.05, 4.69) is 17.2 Å². The lowest BCUT2D eigenvalue weighted by atomic mass is 10.1. The zero-order valence-electron chi connectivity index (χ0n) is 11.4. The van der Waals surface area contributed by atoms with Crippen LogP contribution in [0.2, 0.25) is 0 Å². The Morgan fingerprint density at radius 2 is 2.35 bits per heavy atom. The number of rotatable bonds is 5. The molecule has 0 aliphatic carbocycles. The third-order valence-corrected chi connectivity index (χ3v) is 3.95. The van der Waals surface area contributed by atoms with E-state index in [0.29, 0.717) is 17.8 Å². The lowest BCUT2D eigenvalue weighted by Gasteiger charge is -2.14. The van der Waals surface area contributed by atoms with Gasteiger partial charge in [0.25, 0.3) is 0 Å². The Morgan fingerprint density at radius 3 is 3.00 bits per heavy atom. The van der Waals surface area contributed by atoms with Gasteiger partial charge in [0.2, 0.25) is 0 Å². The molecule has 0 fully saturated rings. The molecule has 1 heterocycles. The van der Waals surface area contributed by atoms with E-state index in [1.807, 2.05) is 5.38 Å². The topological polar surface area (TPSA) is 77.2 Å². The number of methoxy groups -OCH3 is 1. The molecule has 1 aromatic heterocycles. The molecule has 2 rings (SSSR count). The predicted octanol–water partition coefficient (Wildman–Crippen LogP) is 2.73. The molecular weight excluding hydrogens is 274 g/mol. The van der Waals surface area contributed by atoms with Gasteiger partial charge in [0.15, 0.2) is 0 Å². The summed E-state index contributed by atoms with van der Waals surface area (Å²) in [5.41, 5.74) is 7.72. The Bertz CT molecular complexity index is 584. The number of carbonyl (C=O) groups is 1. The van der Waals surface area contributed by atoms with Crippen molar-refractivity contribution in [3.05, 3.63) is 40.3 Å². The van der Waals surface area contributed by atoms with Crippen molar-refractivity contribution in [2.75, 3.05) is 24.7 Å². The number of nitrogens with zero attached hydrogens (tertiary/aromatic N) is 1. The Morgan fingerprint density at radius 1 is 1.55 bits per heavy atom. The highest BCUT2D eigenvalue weighted by molar-refractivity contribution is 7.09. The zero-order chi connectivity index (χ0) is 14.5. The summed E-state index contributed by atoms with van der Waals surface area (Å²) in [4.78, 5) is 15.8. The summed E-state index contributed by atoms with van der Waals surface area (Å²) in [6.07, 6.45) is 1.79. The number of hydrogen-bond donors (Lipinski definition) is 2. The maximum Gasteiger partial charge on any atom is 0.337 e. The lowest BCUT2D eigenvalue weighted by Crippen LogP contribution is -2.12. The number of anilines is 2. The Kier molecular flexibility index (Phi) is 4.57. The molecular formula is C14H17N3O2S. The maximum atomic E-state index is 11.5. The number of ether oxygens (including phenoxy) is 1. The molecule has 0 radical (unpaired) electrons. The van der Waals surface area contributed by atoms with Gasteiger partial charge in [-0.25, -0.2) is 9.78 Å². The van der Waals surface area contributed by atoms with E-state index >= 15 is 0 Å². The van der Waals surface area contributed by atoms with Crippen molar-refractivity contribution < 1.29 is 9.53 Å². The van der Waals surface area contributed by atoms with E-state index in [0.717, 1.165) is 10.7 Å². The van der Waals surface area contributed by atoms with Crippen LogP contribution in [0.15, 0.2) is 29.8 Å². The first-order valence-corrected chi connectivity index (χ1v) is 7.11. The minimum absolute atomic E-state index is 0.274. The molecule has 0 spiro atoms. The second kappa shape index (κ2) is 6.38. The Hall–Kier alpha value is -2.08. The highest BCUT2D eigenvalue weighted by atomic mass is 32.1. The van der Waals surface area contributed by atoms with Crippen molar-refractivity contribution in [3.63, 3.8) is 0 Å². The average Bonchev–Trinajstić information content (AvgIpc) is 2.99. The molecule has 106 valence electrons. The fraction of sp³-hybridized carbons (Fsp3) is 0.286. The van der Waals surface area contributed by atoms with Crippen molar-refractivity contribution in [2.24, 2.45) is 0 Å². The highest BCUT2D eigenvalue weighted by Crippen LogP contribution is 2.23. The normalized spacial score (nSPS) is 11.9. The van der Waals surface area contributed by atoms with Crippen LogP contribution in [0.4, 0.5) is 11.4 Å². The number of thiazole rings is 1. The molecule has 1 aromatic carbocycles. The van der Waals surface area contributed by atoms with Gasteiger partial charge in [-0.15, -0.1) is 11.3 Å². The summed E-state index contributed by atoms with van der Waals surface area (Å²) in [6, 6.07) is 5.05. The molecule has 3 N–H and O–H groups in total. The lowest BCUT2D eigenvalue weighted by molar-refractivity contribution is 0.0601. The van der Waals surface area contributed by atoms with Crippen LogP contribution in [-0.4, -0.2) is 24.6 Å². The summed E-state index contributed by atoms with van der Waals surface area (Å²) in [5, 5.41) is 6.28. The van der Waals surface area contributed by atoms with Crippen molar-refractivity contribution in [1.82, 2.24) is 4.98 Å². The number of nitrogen functional groups attached to an aromatic ring is 1. The van der Waals surface area contributed by atoms with Gasteiger partial charge in [0.1, 0.15) is 0 Å². The van der Waals surface area contributed by atoms with E-state index in [-0.39, 0.29) is 11.9 Å². The van der Waals surface area contributed by atoms with Gasteiger partial charge in [-0.1, -0.05) is 6.92 Å². The van der Waals surface area contributed by atoms with Crippen molar-refractivity contribution in [2.45, 2.75) is 12.8 Å². The Balaban J connectivity index is 2.07. The molecule has 0 aliphatic rings. The molecule has 1 unspecified atom stereocenters. The Labute approximate surface area is 121 Å². The quantitative estimate of drug-likeness (QED) is 0.654. The van der Waals surface area contributed by atoms with Crippen LogP contribution < -0.4 is 11.1 Å². The first kappa shape index (κ1) is 14.3. The average molecular weight is 291 g/mol. The van der Waals surface area contributed by atoms with E-state index in [9.17, 15) is 4.79 Å². The number of hydrogen-bond acceptors (Lipinski definition) is 6. The predicted molar refractivity (Wildman–Crippen MR) is 81.2 cm³/mol. The first-order valence-electron chi connectivity index (χ1n) is 6.23. The van der Waals surface area contributed by atoms with Crippen LogP contribution in [0.25, 0.3) is 0 Å². The zero-order valence-corrected chi connectivity index (χ0v) is 12.2. The van der Waals surface area contributed by atoms with E-state index in [4.69, 9.17) is 10.5 Å². The number of nitrogens with one attached hydrogen (secondary N) is 1. The van der Waals surface area contributed by atoms with E-state index in [1.165, 1.54) is 7.11 Å². The van der Waals surface area contributed by atoms with E-state index in [1.54, 1.807) is 35.7 Å². The molecule has 0 saturated carbocycles. The molecule has 0 amide bonds. The summed E-state index contributed by atoms with van der Waals surface area (Å²) in [5.74, 6) is -0.0998. The largest absolute Gasteiger partial charge is 0.465 e. The maximum absolute atomic E-state index is 11.5. The van der Waals surface area contributed by atoms with Gasteiger partial charge in [-0.05, 0) is 18.2 Å². The van der Waals surface area contributed by atoms with Crippen LogP contribution >= 0.6 is 11.3 Å².